The number of rotatable bonds is 7. The maximum Gasteiger partial charge on any atom is 0.193 e. The van der Waals surface area contributed by atoms with Crippen molar-refractivity contribution in [3.8, 4) is 0 Å². The van der Waals surface area contributed by atoms with Gasteiger partial charge in [0.05, 0.1) is 12.2 Å². The molecule has 5 heteroatoms. The van der Waals surface area contributed by atoms with E-state index < -0.39 is 20.5 Å². The van der Waals surface area contributed by atoms with Crippen LogP contribution >= 0.6 is 0 Å². The average molecular weight is 533 g/mol. The summed E-state index contributed by atoms with van der Waals surface area (Å²) in [7, 11) is -0.218. The third-order valence-corrected chi connectivity index (χ3v) is 18.5. The molecular formula is C32H56O4Si. The molecule has 0 bridgehead atoms. The molecule has 5 fully saturated rings. The normalized spacial score (nSPS) is 47.3. The van der Waals surface area contributed by atoms with Gasteiger partial charge < -0.3 is 14.3 Å². The van der Waals surface area contributed by atoms with Gasteiger partial charge in [-0.1, -0.05) is 41.5 Å². The van der Waals surface area contributed by atoms with Gasteiger partial charge in [-0.3, -0.25) is 4.79 Å². The van der Waals surface area contributed by atoms with E-state index in [1.54, 1.807) is 6.92 Å². The Morgan fingerprint density at radius 1 is 1.05 bits per heavy atom. The topological polar surface area (TPSA) is 55.8 Å². The number of hydrogen-bond donors (Lipinski definition) is 1. The number of aliphatic hydroxyl groups is 1. The minimum atomic E-state index is -2.19. The second-order valence-electron chi connectivity index (χ2n) is 16.2. The van der Waals surface area contributed by atoms with Crippen LogP contribution < -0.4 is 0 Å². The molecule has 5 saturated carbocycles. The highest BCUT2D eigenvalue weighted by atomic mass is 28.4. The Morgan fingerprint density at radius 2 is 1.73 bits per heavy atom. The van der Waals surface area contributed by atoms with Gasteiger partial charge in [-0.15, -0.1) is 0 Å². The third kappa shape index (κ3) is 3.86. The summed E-state index contributed by atoms with van der Waals surface area (Å²) in [4.78, 5) is 12.8. The molecule has 0 heterocycles. The van der Waals surface area contributed by atoms with Gasteiger partial charge in [0.25, 0.3) is 0 Å². The van der Waals surface area contributed by atoms with Crippen LogP contribution in [0.3, 0.4) is 0 Å². The number of Topliss-reactive ketones (excluding diaryl/α,β-unsaturated/α-hetero) is 1. The summed E-state index contributed by atoms with van der Waals surface area (Å²) in [5.74, 6) is 3.63. The van der Waals surface area contributed by atoms with E-state index in [4.69, 9.17) is 9.16 Å². The fourth-order valence-corrected chi connectivity index (χ4v) is 12.2. The molecule has 0 unspecified atom stereocenters. The summed E-state index contributed by atoms with van der Waals surface area (Å²) in [6, 6.07) is 0. The molecule has 0 aromatic heterocycles. The van der Waals surface area contributed by atoms with E-state index in [2.05, 4.69) is 54.6 Å². The molecule has 12 atom stereocenters. The summed E-state index contributed by atoms with van der Waals surface area (Å²) in [6.07, 6.45) is 9.43. The van der Waals surface area contributed by atoms with Gasteiger partial charge in [0.2, 0.25) is 0 Å². The zero-order valence-corrected chi connectivity index (χ0v) is 26.5. The van der Waals surface area contributed by atoms with Crippen molar-refractivity contribution in [3.63, 3.8) is 0 Å². The van der Waals surface area contributed by atoms with E-state index in [0.29, 0.717) is 28.8 Å². The number of fused-ring (bicyclic) bond motifs is 4. The van der Waals surface area contributed by atoms with Gasteiger partial charge in [-0.2, -0.15) is 0 Å². The van der Waals surface area contributed by atoms with Crippen LogP contribution in [0.25, 0.3) is 0 Å². The molecule has 5 aliphatic rings. The van der Waals surface area contributed by atoms with Crippen LogP contribution in [0.4, 0.5) is 0 Å². The second kappa shape index (κ2) is 8.88. The van der Waals surface area contributed by atoms with Gasteiger partial charge in [-0.05, 0) is 123 Å². The zero-order valence-electron chi connectivity index (χ0n) is 25.5. The summed E-state index contributed by atoms with van der Waals surface area (Å²) in [5, 5.41) is 11.7. The first-order valence-electron chi connectivity index (χ1n) is 15.4. The highest BCUT2D eigenvalue weighted by molar-refractivity contribution is 6.74. The molecule has 4 nitrogen and oxygen atoms in total. The molecule has 0 aromatic carbocycles. The van der Waals surface area contributed by atoms with Gasteiger partial charge >= 0.3 is 0 Å². The Kier molecular flexibility index (Phi) is 6.79. The average Bonchev–Trinajstić information content (AvgIpc) is 3.32. The van der Waals surface area contributed by atoms with E-state index in [1.807, 2.05) is 7.11 Å². The van der Waals surface area contributed by atoms with E-state index in [-0.39, 0.29) is 22.2 Å². The number of hydrogen-bond acceptors (Lipinski definition) is 4. The van der Waals surface area contributed by atoms with E-state index in [9.17, 15) is 9.90 Å². The molecule has 37 heavy (non-hydrogen) atoms. The van der Waals surface area contributed by atoms with Gasteiger partial charge in [0.1, 0.15) is 6.10 Å². The minimum Gasteiger partial charge on any atom is -0.404 e. The van der Waals surface area contributed by atoms with Crippen molar-refractivity contribution in [3.05, 3.63) is 0 Å². The van der Waals surface area contributed by atoms with E-state index in [1.165, 1.54) is 44.9 Å². The van der Waals surface area contributed by atoms with Gasteiger partial charge in [-0.25, -0.2) is 0 Å². The van der Waals surface area contributed by atoms with Crippen molar-refractivity contribution in [1.82, 2.24) is 0 Å². The van der Waals surface area contributed by atoms with Gasteiger partial charge in [0, 0.05) is 12.5 Å². The predicted molar refractivity (Wildman–Crippen MR) is 152 cm³/mol. The molecule has 0 aromatic rings. The SMILES string of the molecule is CO[C@@H]1C[C@H]2[C@@H]3CC[C@H]([C@H](C)[C@@H](O)[C@H](O[Si](C)(C)C(C)(C)C)C(C)=O)[C@@]3(C)CC[C@@H]2[C@@]2(C)CC[C@@H]3C[C@]312. The molecule has 1 N–H and O–H groups in total. The Bertz CT molecular complexity index is 911. The Morgan fingerprint density at radius 3 is 2.30 bits per heavy atom. The number of aliphatic hydroxyl groups excluding tert-OH is 1. The second-order valence-corrected chi connectivity index (χ2v) is 21.0. The Labute approximate surface area is 228 Å². The maximum absolute atomic E-state index is 12.8. The third-order valence-electron chi connectivity index (χ3n) is 14.0. The fourth-order valence-electron chi connectivity index (χ4n) is 10.9. The number of ketones is 1. The van der Waals surface area contributed by atoms with Crippen molar-refractivity contribution in [2.75, 3.05) is 7.11 Å². The first-order valence-corrected chi connectivity index (χ1v) is 18.3. The van der Waals surface area contributed by atoms with Gasteiger partial charge in [0.15, 0.2) is 14.1 Å². The van der Waals surface area contributed by atoms with Crippen LogP contribution in [-0.4, -0.2) is 44.6 Å². The van der Waals surface area contributed by atoms with Crippen LogP contribution in [0.5, 0.6) is 0 Å². The molecule has 212 valence electrons. The molecule has 5 rings (SSSR count). The Balaban J connectivity index is 1.37. The molecule has 1 spiro atoms. The highest BCUT2D eigenvalue weighted by Gasteiger charge is 2.77. The number of carbonyl (C=O) groups is 1. The molecule has 0 radical (unpaired) electrons. The van der Waals surface area contributed by atoms with Crippen LogP contribution in [0.1, 0.15) is 99.8 Å². The monoisotopic (exact) mass is 532 g/mol. The first kappa shape index (κ1) is 28.3. The van der Waals surface area contributed by atoms with Crippen molar-refractivity contribution in [2.45, 2.75) is 136 Å². The lowest BCUT2D eigenvalue weighted by molar-refractivity contribution is -0.164. The van der Waals surface area contributed by atoms with E-state index >= 15 is 0 Å². The number of carbonyl (C=O) groups excluding carboxylic acids is 1. The number of methoxy groups -OCH3 is 1. The number of ether oxygens (including phenoxy) is 1. The van der Waals surface area contributed by atoms with Crippen LogP contribution in [0, 0.1) is 51.8 Å². The smallest absolute Gasteiger partial charge is 0.193 e. The van der Waals surface area contributed by atoms with E-state index in [0.717, 1.165) is 24.2 Å². The maximum atomic E-state index is 12.8. The molecule has 0 saturated heterocycles. The van der Waals surface area contributed by atoms with Crippen molar-refractivity contribution < 1.29 is 19.1 Å². The standard InChI is InChI=1S/C32H56O4Si/c1-19(27(34)28(20(2)33)36-37(9,10)29(3,4)5)23-11-12-24-22-17-26(35-8)32-18-21(32)13-16-31(32,7)25(22)14-15-30(23,24)6/h19,21-28,34H,11-18H2,1-10H3/t19-,21+,22-,23+,24-,25-,26+,27+,28+,30+,31+,32-/m0/s1. The summed E-state index contributed by atoms with van der Waals surface area (Å²) >= 11 is 0. The van der Waals surface area contributed by atoms with Crippen LogP contribution in [0.15, 0.2) is 0 Å². The lowest BCUT2D eigenvalue weighted by Gasteiger charge is -2.61. The zero-order chi connectivity index (χ0) is 27.3. The van der Waals surface area contributed by atoms with Crippen LogP contribution in [-0.2, 0) is 14.0 Å². The lowest BCUT2D eigenvalue weighted by atomic mass is 9.45. The predicted octanol–water partition coefficient (Wildman–Crippen LogP) is 7.25. The molecule has 0 aliphatic heterocycles. The quantitative estimate of drug-likeness (QED) is 0.351. The molecule has 0 amide bonds. The highest BCUT2D eigenvalue weighted by Crippen LogP contribution is 2.82. The largest absolute Gasteiger partial charge is 0.404 e. The molecular weight excluding hydrogens is 476 g/mol. The van der Waals surface area contributed by atoms with Crippen molar-refractivity contribution in [1.29, 1.82) is 0 Å². The summed E-state index contributed by atoms with van der Waals surface area (Å²) in [6.45, 7) is 20.0. The summed E-state index contributed by atoms with van der Waals surface area (Å²) < 4.78 is 12.9. The first-order chi connectivity index (χ1) is 17.0. The van der Waals surface area contributed by atoms with Crippen molar-refractivity contribution >= 4 is 14.1 Å². The lowest BCUT2D eigenvalue weighted by Crippen LogP contribution is -2.57. The summed E-state index contributed by atoms with van der Waals surface area (Å²) in [5.41, 5.74) is 1.14. The molecule has 5 aliphatic carbocycles. The Hall–Kier alpha value is -0.233. The van der Waals surface area contributed by atoms with Crippen LogP contribution in [0.2, 0.25) is 18.1 Å². The fraction of sp³-hybridized carbons (Fsp3) is 0.969. The van der Waals surface area contributed by atoms with Crippen molar-refractivity contribution in [2.24, 2.45) is 51.8 Å². The minimum absolute atomic E-state index is 0.000375.